The highest BCUT2D eigenvalue weighted by Gasteiger charge is 2.29. The van der Waals surface area contributed by atoms with Crippen molar-refractivity contribution in [1.29, 1.82) is 10.5 Å². The van der Waals surface area contributed by atoms with Crippen LogP contribution in [0.25, 0.3) is 76.8 Å². The van der Waals surface area contributed by atoms with Gasteiger partial charge in [0, 0.05) is 35.5 Å². The van der Waals surface area contributed by atoms with E-state index in [1.165, 1.54) is 83.1 Å². The molecule has 0 aliphatic heterocycles. The molecule has 1 aromatic heterocycles. The Balaban J connectivity index is 0.000000198. The number of hydrogen-bond donors (Lipinski definition) is 0. The number of para-hydroxylation sites is 1. The molecule has 4 nitrogen and oxygen atoms in total. The summed E-state index contributed by atoms with van der Waals surface area (Å²) in [7, 11) is -7.33. The fraction of sp³-hybridized carbons (Fsp3) is 0.179. The summed E-state index contributed by atoms with van der Waals surface area (Å²) in [6.07, 6.45) is 0. The number of benzene rings is 10. The maximum Gasteiger partial charge on any atom is 0.673 e. The van der Waals surface area contributed by atoms with Crippen molar-refractivity contribution in [2.75, 3.05) is 0 Å². The minimum atomic E-state index is -6.00. The highest BCUT2D eigenvalue weighted by atomic mass is 28.3. The molecule has 0 bridgehead atoms. The molecule has 11 rings (SSSR count). The average molecular weight is 1190 g/mol. The lowest BCUT2D eigenvalue weighted by Gasteiger charge is -2.22. The van der Waals surface area contributed by atoms with Crippen molar-refractivity contribution in [2.24, 2.45) is 0 Å². The van der Waals surface area contributed by atoms with Crippen molar-refractivity contribution in [3.63, 3.8) is 0 Å². The van der Waals surface area contributed by atoms with Gasteiger partial charge in [-0.15, -0.1) is 0 Å². The first-order valence-electron chi connectivity index (χ1n) is 29.3. The molecular weight excluding hydrogens is 1110 g/mol. The second-order valence-corrected chi connectivity index (χ2v) is 29.1. The van der Waals surface area contributed by atoms with Gasteiger partial charge in [-0.25, -0.2) is 10.1 Å². The minimum absolute atomic E-state index is 0.0563. The fourth-order valence-corrected chi connectivity index (χ4v) is 9.83. The van der Waals surface area contributed by atoms with E-state index in [0.29, 0.717) is 5.69 Å². The predicted molar refractivity (Wildman–Crippen MR) is 366 cm³/mol. The molecule has 88 heavy (non-hydrogen) atoms. The number of nitriles is 2. The molecule has 11 aromatic rings. The minimum Gasteiger partial charge on any atom is -0.418 e. The van der Waals surface area contributed by atoms with Crippen molar-refractivity contribution >= 4 is 42.8 Å². The first kappa shape index (κ1) is 67.5. The summed E-state index contributed by atoms with van der Waals surface area (Å²) >= 11 is 0. The van der Waals surface area contributed by atoms with Crippen LogP contribution in [0.2, 0.25) is 19.6 Å². The molecule has 0 amide bonds. The quantitative estimate of drug-likeness (QED) is 0.0567. The van der Waals surface area contributed by atoms with E-state index in [-0.39, 0.29) is 10.8 Å². The topological polar surface area (TPSA) is 55.8 Å². The van der Waals surface area contributed by atoms with Crippen LogP contribution in [0, 0.1) is 49.6 Å². The van der Waals surface area contributed by atoms with Crippen LogP contribution < -0.4 is 4.57 Å². The lowest BCUT2D eigenvalue weighted by Crippen LogP contribution is -2.34. The Morgan fingerprint density at radius 3 is 1.14 bits per heavy atom. The fourth-order valence-electron chi connectivity index (χ4n) is 9.83. The van der Waals surface area contributed by atoms with Crippen LogP contribution in [0.4, 0.5) is 23.0 Å². The van der Waals surface area contributed by atoms with E-state index in [0.717, 1.165) is 22.3 Å². The van der Waals surface area contributed by atoms with Gasteiger partial charge < -0.3 is 17.3 Å². The summed E-state index contributed by atoms with van der Waals surface area (Å²) in [4.78, 5) is 3.36. The molecule has 0 aliphatic rings. The van der Waals surface area contributed by atoms with Gasteiger partial charge in [-0.05, 0) is 111 Å². The molecule has 444 valence electrons. The Bertz CT molecular complexity index is 4030. The molecule has 0 saturated carbocycles. The average Bonchev–Trinajstić information content (AvgIpc) is 0.821. The molecule has 0 atom stereocenters. The van der Waals surface area contributed by atoms with E-state index in [2.05, 4.69) is 223 Å². The molecule has 0 N–H and O–H groups in total. The number of rotatable bonds is 5. The maximum atomic E-state index is 9.75. The first-order valence-corrected chi connectivity index (χ1v) is 32.8. The van der Waals surface area contributed by atoms with Crippen molar-refractivity contribution in [2.45, 2.75) is 92.8 Å². The second-order valence-electron chi connectivity index (χ2n) is 24.4. The van der Waals surface area contributed by atoms with Crippen LogP contribution in [0.3, 0.4) is 0 Å². The van der Waals surface area contributed by atoms with Crippen LogP contribution in [-0.4, -0.2) is 15.3 Å². The van der Waals surface area contributed by atoms with Gasteiger partial charge in [0.1, 0.15) is 0 Å². The Labute approximate surface area is 520 Å². The lowest BCUT2D eigenvalue weighted by molar-refractivity contribution is -0.538. The molecule has 0 unspecified atom stereocenters. The summed E-state index contributed by atoms with van der Waals surface area (Å²) in [6.45, 7) is 33.4. The van der Waals surface area contributed by atoms with Crippen LogP contribution in [0.1, 0.15) is 74.9 Å². The number of halogens is 4. The normalized spacial score (nSPS) is 10.9. The van der Waals surface area contributed by atoms with Crippen LogP contribution >= 0.6 is 0 Å². The number of nitrogens with zero attached hydrogens (tertiary/aromatic N) is 4. The van der Waals surface area contributed by atoms with Gasteiger partial charge in [0.2, 0.25) is 16.7 Å². The maximum absolute atomic E-state index is 9.75. The smallest absolute Gasteiger partial charge is 0.418 e. The van der Waals surface area contributed by atoms with Gasteiger partial charge in [0.05, 0.1) is 29.0 Å². The van der Waals surface area contributed by atoms with Gasteiger partial charge in [-0.2, -0.15) is 9.83 Å². The Morgan fingerprint density at radius 2 is 0.784 bits per heavy atom. The monoisotopic (exact) mass is 1180 g/mol. The van der Waals surface area contributed by atoms with E-state index >= 15 is 0 Å². The highest BCUT2D eigenvalue weighted by Crippen LogP contribution is 2.41. The Hall–Kier alpha value is -9.66. The van der Waals surface area contributed by atoms with E-state index in [1.54, 1.807) is 0 Å². The van der Waals surface area contributed by atoms with Crippen molar-refractivity contribution in [1.82, 2.24) is 0 Å². The Kier molecular flexibility index (Phi) is 23.5. The van der Waals surface area contributed by atoms with Gasteiger partial charge in [-0.1, -0.05) is 273 Å². The number of aryl methyl sites for hydroxylation is 3. The van der Waals surface area contributed by atoms with Gasteiger partial charge >= 0.3 is 7.25 Å². The number of fused-ring (bicyclic) bond motifs is 2. The first-order chi connectivity index (χ1) is 41.7. The van der Waals surface area contributed by atoms with Crippen LogP contribution in [0.15, 0.2) is 249 Å². The molecular formula is C78H77BF4N4Si. The predicted octanol–water partition coefficient (Wildman–Crippen LogP) is 22.6. The molecule has 10 aromatic carbocycles. The SMILES string of the molecule is C[Si](C)(C)C#N.Cc1cc(C)c(-c2c3ccc(C(C)(C)C)cc3[n+](-c3ccccc3)c3cc(C(C)(C)C)ccc23)c(C)c1.F[B-](F)(F)F.N#Cc1ccccc1-c1ccccc1.[C-]#[N+]c1ccc(-c2ccccc2)cc1.c1ccc(-c2ccccc2)cc1. The summed E-state index contributed by atoms with van der Waals surface area (Å²) in [5.41, 5.74) is 23.8. The van der Waals surface area contributed by atoms with E-state index in [9.17, 15) is 17.3 Å². The lowest BCUT2D eigenvalue weighted by atomic mass is 9.82. The molecule has 1 heterocycles. The van der Waals surface area contributed by atoms with E-state index in [1.807, 2.05) is 129 Å². The van der Waals surface area contributed by atoms with Crippen molar-refractivity contribution < 1.29 is 21.8 Å². The van der Waals surface area contributed by atoms with Crippen LogP contribution in [-0.2, 0) is 10.8 Å². The largest absolute Gasteiger partial charge is 0.673 e. The number of aromatic nitrogens is 1. The zero-order valence-corrected chi connectivity index (χ0v) is 53.5. The summed E-state index contributed by atoms with van der Waals surface area (Å²) in [5.74, 6) is 0. The van der Waals surface area contributed by atoms with E-state index < -0.39 is 15.3 Å². The Morgan fingerprint density at radius 1 is 0.443 bits per heavy atom. The van der Waals surface area contributed by atoms with Crippen LogP contribution in [0.5, 0.6) is 0 Å². The summed E-state index contributed by atoms with van der Waals surface area (Å²) in [6, 6.07) is 88.1. The molecule has 0 aliphatic carbocycles. The summed E-state index contributed by atoms with van der Waals surface area (Å²) < 4.78 is 41.5. The third kappa shape index (κ3) is 19.7. The summed E-state index contributed by atoms with van der Waals surface area (Å²) in [5, 5.41) is 19.7. The zero-order valence-electron chi connectivity index (χ0n) is 52.5. The third-order valence-electron chi connectivity index (χ3n) is 14.1. The number of pyridine rings is 1. The van der Waals surface area contributed by atoms with Crippen molar-refractivity contribution in [3.05, 3.63) is 294 Å². The second kappa shape index (κ2) is 30.6. The molecule has 0 spiro atoms. The van der Waals surface area contributed by atoms with Gasteiger partial charge in [0.15, 0.2) is 13.8 Å². The molecule has 10 heteroatoms. The van der Waals surface area contributed by atoms with E-state index in [4.69, 9.17) is 17.1 Å². The standard InChI is InChI=1S/C36H40N.2C13H9N.C12H10.C4H9NSi.BF4/c1-23-19-24(2)33(25(3)20-23)34-29-17-15-26(35(4,5)6)21-31(29)37(28-13-11-10-12-14-28)32-22-27(36(7,8)9)16-18-30(32)34;1-14-13-9-7-12(8-10-13)11-5-3-2-4-6-11;14-10-12-8-4-5-9-13(12)11-6-2-1-3-7-11;1-3-7-11(8-4-1)12-9-5-2-6-10-12;1-6(2,3)4-5;2-1(3,4)5/h10-22H,1-9H3;2-10H;1-9H;1-10H;1-3H3;/q+1;;;;;-1. The molecule has 0 radical (unpaired) electrons. The molecule has 0 fully saturated rings. The third-order valence-corrected chi connectivity index (χ3v) is 14.8. The zero-order chi connectivity index (χ0) is 64.2. The van der Waals surface area contributed by atoms with Gasteiger partial charge in [-0.3, -0.25) is 0 Å². The van der Waals surface area contributed by atoms with Crippen molar-refractivity contribution in [3.8, 4) is 62.0 Å². The number of hydrogen-bond acceptors (Lipinski definition) is 2. The van der Waals surface area contributed by atoms with Gasteiger partial charge in [0.25, 0.3) is 0 Å². The highest BCUT2D eigenvalue weighted by molar-refractivity contribution is 6.83. The molecule has 0 saturated heterocycles.